The number of hydrogen-bond acceptors (Lipinski definition) is 5. The molecule has 4 aromatic rings. The molecule has 0 fully saturated rings. The quantitative estimate of drug-likeness (QED) is 0.481. The van der Waals surface area contributed by atoms with E-state index >= 15 is 0 Å². The molecule has 31 heavy (non-hydrogen) atoms. The summed E-state index contributed by atoms with van der Waals surface area (Å²) in [7, 11) is 0. The zero-order valence-corrected chi connectivity index (χ0v) is 16.0. The van der Waals surface area contributed by atoms with Gasteiger partial charge >= 0.3 is 0 Å². The molecule has 0 bridgehead atoms. The molecule has 1 aromatic heterocycles. The first-order valence-electron chi connectivity index (χ1n) is 9.23. The Bertz CT molecular complexity index is 1250. The van der Waals surface area contributed by atoms with Gasteiger partial charge in [0.25, 0.3) is 5.91 Å². The zero-order valence-electron chi connectivity index (χ0n) is 16.0. The van der Waals surface area contributed by atoms with Gasteiger partial charge in [0.2, 0.25) is 5.82 Å². The number of hydrogen-bond donors (Lipinski definition) is 1. The Morgan fingerprint density at radius 3 is 2.39 bits per heavy atom. The first-order valence-corrected chi connectivity index (χ1v) is 9.23. The van der Waals surface area contributed by atoms with E-state index in [1.165, 1.54) is 42.5 Å². The van der Waals surface area contributed by atoms with Gasteiger partial charge in [0.15, 0.2) is 5.78 Å². The molecular formula is C22H15F2N5O2. The summed E-state index contributed by atoms with van der Waals surface area (Å²) in [5.74, 6) is -1.83. The molecular weight excluding hydrogens is 404 g/mol. The van der Waals surface area contributed by atoms with Gasteiger partial charge in [-0.3, -0.25) is 9.59 Å². The lowest BCUT2D eigenvalue weighted by molar-refractivity contribution is 0.0960. The predicted octanol–water partition coefficient (Wildman–Crippen LogP) is 3.75. The number of halogens is 2. The fraction of sp³-hybridized carbons (Fsp3) is 0.0455. The van der Waals surface area contributed by atoms with E-state index in [4.69, 9.17) is 0 Å². The third kappa shape index (κ3) is 4.50. The van der Waals surface area contributed by atoms with Crippen LogP contribution in [0.1, 0.15) is 20.7 Å². The van der Waals surface area contributed by atoms with Gasteiger partial charge < -0.3 is 5.32 Å². The van der Waals surface area contributed by atoms with E-state index in [-0.39, 0.29) is 23.7 Å². The molecule has 0 radical (unpaired) electrons. The van der Waals surface area contributed by atoms with Gasteiger partial charge in [-0.05, 0) is 53.7 Å². The molecule has 1 N–H and O–H groups in total. The van der Waals surface area contributed by atoms with Crippen LogP contribution in [0, 0.1) is 11.6 Å². The summed E-state index contributed by atoms with van der Waals surface area (Å²) >= 11 is 0. The normalized spacial score (nSPS) is 10.6. The molecule has 0 saturated carbocycles. The highest BCUT2D eigenvalue weighted by Crippen LogP contribution is 2.25. The maximum Gasteiger partial charge on any atom is 0.258 e. The summed E-state index contributed by atoms with van der Waals surface area (Å²) in [4.78, 5) is 25.9. The summed E-state index contributed by atoms with van der Waals surface area (Å²) in [6.07, 6.45) is 0. The van der Waals surface area contributed by atoms with Crippen LogP contribution in [0.2, 0.25) is 0 Å². The van der Waals surface area contributed by atoms with Crippen molar-refractivity contribution in [2.75, 3.05) is 5.32 Å². The van der Waals surface area contributed by atoms with Crippen LogP contribution < -0.4 is 5.32 Å². The Kier molecular flexibility index (Phi) is 5.57. The second-order valence-corrected chi connectivity index (χ2v) is 6.55. The first kappa shape index (κ1) is 20.0. The smallest absolute Gasteiger partial charge is 0.258 e. The molecule has 1 amide bonds. The maximum absolute atomic E-state index is 13.9. The molecule has 154 valence electrons. The standard InChI is InChI=1S/C22H15F2N5O2/c23-15-11-9-14(10-12-15)20(30)13-29-27-21(26-28-29)17-6-2-4-8-19(17)25-22(31)16-5-1-3-7-18(16)24/h1-12H,13H2,(H,25,31). The molecule has 3 aromatic carbocycles. The molecule has 7 nitrogen and oxygen atoms in total. The summed E-state index contributed by atoms with van der Waals surface area (Å²) in [5.41, 5.74) is 1.03. The average molecular weight is 419 g/mol. The lowest BCUT2D eigenvalue weighted by atomic mass is 10.1. The molecule has 0 spiro atoms. The number of aromatic nitrogens is 4. The van der Waals surface area contributed by atoms with Gasteiger partial charge in [0.05, 0.1) is 11.3 Å². The fourth-order valence-corrected chi connectivity index (χ4v) is 2.90. The van der Waals surface area contributed by atoms with E-state index < -0.39 is 17.5 Å². The van der Waals surface area contributed by atoms with Gasteiger partial charge in [0.1, 0.15) is 18.2 Å². The van der Waals surface area contributed by atoms with Crippen molar-refractivity contribution in [1.29, 1.82) is 0 Å². The Morgan fingerprint density at radius 2 is 1.61 bits per heavy atom. The highest BCUT2D eigenvalue weighted by Gasteiger charge is 2.17. The number of rotatable bonds is 6. The summed E-state index contributed by atoms with van der Waals surface area (Å²) in [6.45, 7) is -0.192. The Labute approximate surface area is 175 Å². The number of para-hydroxylation sites is 1. The minimum absolute atomic E-state index is 0.0983. The minimum Gasteiger partial charge on any atom is -0.321 e. The van der Waals surface area contributed by atoms with E-state index in [0.29, 0.717) is 16.8 Å². The van der Waals surface area contributed by atoms with Crippen LogP contribution in [0.5, 0.6) is 0 Å². The predicted molar refractivity (Wildman–Crippen MR) is 108 cm³/mol. The minimum atomic E-state index is -0.638. The van der Waals surface area contributed by atoms with Crippen LogP contribution in [-0.2, 0) is 6.54 Å². The van der Waals surface area contributed by atoms with Gasteiger partial charge in [-0.15, -0.1) is 10.2 Å². The number of benzene rings is 3. The van der Waals surface area contributed by atoms with Crippen molar-refractivity contribution in [3.05, 3.63) is 95.6 Å². The highest BCUT2D eigenvalue weighted by atomic mass is 19.1. The van der Waals surface area contributed by atoms with Crippen molar-refractivity contribution in [2.45, 2.75) is 6.54 Å². The number of carbonyl (C=O) groups excluding carboxylic acids is 2. The monoisotopic (exact) mass is 419 g/mol. The topological polar surface area (TPSA) is 89.8 Å². The molecule has 0 aliphatic heterocycles. The maximum atomic E-state index is 13.9. The number of Topliss-reactive ketones (excluding diaryl/α,β-unsaturated/α-hetero) is 1. The van der Waals surface area contributed by atoms with E-state index in [9.17, 15) is 18.4 Å². The summed E-state index contributed by atoms with van der Waals surface area (Å²) in [6, 6.07) is 17.5. The molecule has 1 heterocycles. The second kappa shape index (κ2) is 8.62. The fourth-order valence-electron chi connectivity index (χ4n) is 2.90. The third-order valence-electron chi connectivity index (χ3n) is 4.44. The number of nitrogens with zero attached hydrogens (tertiary/aromatic N) is 4. The number of ketones is 1. The second-order valence-electron chi connectivity index (χ2n) is 6.55. The van der Waals surface area contributed by atoms with Crippen molar-refractivity contribution in [3.63, 3.8) is 0 Å². The number of tetrazole rings is 1. The van der Waals surface area contributed by atoms with Crippen LogP contribution in [0.15, 0.2) is 72.8 Å². The van der Waals surface area contributed by atoms with Gasteiger partial charge in [-0.2, -0.15) is 4.80 Å². The number of anilines is 1. The van der Waals surface area contributed by atoms with E-state index in [1.54, 1.807) is 30.3 Å². The Morgan fingerprint density at radius 1 is 0.903 bits per heavy atom. The van der Waals surface area contributed by atoms with Crippen LogP contribution in [0.3, 0.4) is 0 Å². The van der Waals surface area contributed by atoms with Crippen molar-refractivity contribution >= 4 is 17.4 Å². The van der Waals surface area contributed by atoms with Crippen molar-refractivity contribution < 1.29 is 18.4 Å². The summed E-state index contributed by atoms with van der Waals surface area (Å²) < 4.78 is 26.9. The molecule has 0 saturated heterocycles. The van der Waals surface area contributed by atoms with E-state index in [2.05, 4.69) is 20.7 Å². The molecule has 0 unspecified atom stereocenters. The van der Waals surface area contributed by atoms with E-state index in [1.807, 2.05) is 0 Å². The van der Waals surface area contributed by atoms with Crippen LogP contribution >= 0.6 is 0 Å². The first-order chi connectivity index (χ1) is 15.0. The van der Waals surface area contributed by atoms with Crippen molar-refractivity contribution in [2.24, 2.45) is 0 Å². The lowest BCUT2D eigenvalue weighted by Gasteiger charge is -2.09. The van der Waals surface area contributed by atoms with Crippen LogP contribution in [-0.4, -0.2) is 31.9 Å². The number of carbonyl (C=O) groups is 2. The van der Waals surface area contributed by atoms with Crippen LogP contribution in [0.25, 0.3) is 11.4 Å². The van der Waals surface area contributed by atoms with Crippen molar-refractivity contribution in [1.82, 2.24) is 20.2 Å². The largest absolute Gasteiger partial charge is 0.321 e. The van der Waals surface area contributed by atoms with Gasteiger partial charge in [0, 0.05) is 11.1 Å². The number of amides is 1. The SMILES string of the molecule is O=C(Cn1nnc(-c2ccccc2NC(=O)c2ccccc2F)n1)c1ccc(F)cc1. The van der Waals surface area contributed by atoms with Gasteiger partial charge in [-0.25, -0.2) is 8.78 Å². The molecule has 0 aliphatic carbocycles. The molecule has 9 heteroatoms. The molecule has 0 aliphatic rings. The zero-order chi connectivity index (χ0) is 21.8. The summed E-state index contributed by atoms with van der Waals surface area (Å²) in [5, 5.41) is 14.7. The Hall–Kier alpha value is -4.27. The number of nitrogens with one attached hydrogen (secondary N) is 1. The lowest BCUT2D eigenvalue weighted by Crippen LogP contribution is -2.14. The van der Waals surface area contributed by atoms with Gasteiger partial charge in [-0.1, -0.05) is 24.3 Å². The average Bonchev–Trinajstić information content (AvgIpc) is 3.23. The van der Waals surface area contributed by atoms with Crippen LogP contribution in [0.4, 0.5) is 14.5 Å². The van der Waals surface area contributed by atoms with Crippen molar-refractivity contribution in [3.8, 4) is 11.4 Å². The Balaban J connectivity index is 1.54. The molecule has 0 atom stereocenters. The highest BCUT2D eigenvalue weighted by molar-refractivity contribution is 6.06. The molecule has 4 rings (SSSR count). The third-order valence-corrected chi connectivity index (χ3v) is 4.44. The van der Waals surface area contributed by atoms with E-state index in [0.717, 1.165) is 4.80 Å².